The first-order valence-corrected chi connectivity index (χ1v) is 11.8. The number of nitrogens with one attached hydrogen (secondary N) is 1. The Morgan fingerprint density at radius 2 is 1.91 bits per heavy atom. The van der Waals surface area contributed by atoms with Gasteiger partial charge in [0.2, 0.25) is 17.7 Å². The number of amides is 4. The zero-order chi connectivity index (χ0) is 24.7. The molecule has 0 unspecified atom stereocenters. The number of imide groups is 1. The molecule has 35 heavy (non-hydrogen) atoms. The van der Waals surface area contributed by atoms with E-state index in [-0.39, 0.29) is 30.9 Å². The van der Waals surface area contributed by atoms with Crippen LogP contribution in [0.3, 0.4) is 0 Å². The lowest BCUT2D eigenvalue weighted by molar-refractivity contribution is -0.140. The number of aromatic nitrogens is 2. The summed E-state index contributed by atoms with van der Waals surface area (Å²) in [5.74, 6) is -0.328. The first kappa shape index (κ1) is 23.0. The molecule has 1 saturated heterocycles. The topological polar surface area (TPSA) is 109 Å². The molecule has 1 N–H and O–H groups in total. The van der Waals surface area contributed by atoms with Crippen molar-refractivity contribution in [3.63, 3.8) is 0 Å². The van der Waals surface area contributed by atoms with Crippen LogP contribution in [0.5, 0.6) is 0 Å². The summed E-state index contributed by atoms with van der Waals surface area (Å²) in [6.45, 7) is 3.33. The van der Waals surface area contributed by atoms with Crippen molar-refractivity contribution in [2.75, 3.05) is 6.54 Å². The number of rotatable bonds is 6. The number of urea groups is 1. The van der Waals surface area contributed by atoms with Crippen LogP contribution in [0.15, 0.2) is 52.9 Å². The van der Waals surface area contributed by atoms with Gasteiger partial charge in [0.25, 0.3) is 5.91 Å². The smallest absolute Gasteiger partial charge is 0.325 e. The van der Waals surface area contributed by atoms with E-state index < -0.39 is 23.4 Å². The zero-order valence-electron chi connectivity index (χ0n) is 19.3. The summed E-state index contributed by atoms with van der Waals surface area (Å²) in [6, 6.07) is 13.9. The third kappa shape index (κ3) is 3.95. The molecular formula is C25H24ClN5O4. The van der Waals surface area contributed by atoms with Crippen molar-refractivity contribution >= 4 is 29.4 Å². The van der Waals surface area contributed by atoms with Gasteiger partial charge in [-0.1, -0.05) is 48.0 Å². The van der Waals surface area contributed by atoms with E-state index in [1.165, 1.54) is 4.90 Å². The maximum Gasteiger partial charge on any atom is 0.325 e. The summed E-state index contributed by atoms with van der Waals surface area (Å²) in [6.07, 6.45) is 1.16. The molecule has 0 bridgehead atoms. The van der Waals surface area contributed by atoms with E-state index in [9.17, 15) is 14.4 Å². The van der Waals surface area contributed by atoms with E-state index in [2.05, 4.69) is 15.5 Å². The average molecular weight is 494 g/mol. The van der Waals surface area contributed by atoms with E-state index >= 15 is 0 Å². The predicted octanol–water partition coefficient (Wildman–Crippen LogP) is 3.52. The Morgan fingerprint density at radius 1 is 1.17 bits per heavy atom. The minimum atomic E-state index is -1.10. The highest BCUT2D eigenvalue weighted by atomic mass is 35.5. The highest BCUT2D eigenvalue weighted by Crippen LogP contribution is 2.41. The van der Waals surface area contributed by atoms with Crippen LogP contribution < -0.4 is 5.32 Å². The van der Waals surface area contributed by atoms with Crippen LogP contribution in [0, 0.1) is 0 Å². The van der Waals surface area contributed by atoms with Crippen molar-refractivity contribution in [2.24, 2.45) is 0 Å². The second-order valence-electron chi connectivity index (χ2n) is 8.98. The second kappa shape index (κ2) is 8.81. The number of carbonyl (C=O) groups is 3. The van der Waals surface area contributed by atoms with E-state index in [0.29, 0.717) is 23.4 Å². The van der Waals surface area contributed by atoms with Crippen LogP contribution in [-0.4, -0.2) is 50.4 Å². The largest absolute Gasteiger partial charge is 0.419 e. The van der Waals surface area contributed by atoms with Gasteiger partial charge < -0.3 is 14.6 Å². The number of carbonyl (C=O) groups excluding carboxylic acids is 3. The van der Waals surface area contributed by atoms with Gasteiger partial charge in [0.15, 0.2) is 0 Å². The van der Waals surface area contributed by atoms with Gasteiger partial charge in [0.1, 0.15) is 12.1 Å². The summed E-state index contributed by atoms with van der Waals surface area (Å²) in [7, 11) is 0. The molecular weight excluding hydrogens is 470 g/mol. The second-order valence-corrected chi connectivity index (χ2v) is 9.39. The Kier molecular flexibility index (Phi) is 5.80. The lowest BCUT2D eigenvalue weighted by atomic mass is 9.92. The number of halogens is 1. The third-order valence-corrected chi connectivity index (χ3v) is 6.87. The molecule has 9 nitrogen and oxygen atoms in total. The molecule has 1 atom stereocenters. The fourth-order valence-electron chi connectivity index (χ4n) is 4.72. The molecule has 180 valence electrons. The predicted molar refractivity (Wildman–Crippen MR) is 127 cm³/mol. The van der Waals surface area contributed by atoms with Gasteiger partial charge in [0.05, 0.1) is 17.1 Å². The third-order valence-electron chi connectivity index (χ3n) is 6.54. The minimum absolute atomic E-state index is 0.0333. The highest BCUT2D eigenvalue weighted by molar-refractivity contribution is 6.33. The van der Waals surface area contributed by atoms with Gasteiger partial charge in [-0.05, 0) is 49.9 Å². The maximum absolute atomic E-state index is 13.4. The molecule has 1 aromatic heterocycles. The Hall–Kier alpha value is -3.72. The number of hydrogen-bond donors (Lipinski definition) is 1. The molecule has 4 amide bonds. The molecule has 1 aliphatic heterocycles. The Morgan fingerprint density at radius 3 is 2.69 bits per heavy atom. The molecule has 10 heteroatoms. The fraction of sp³-hybridized carbons (Fsp3) is 0.320. The van der Waals surface area contributed by atoms with Crippen molar-refractivity contribution in [3.05, 3.63) is 70.6 Å². The Bertz CT molecular complexity index is 1320. The van der Waals surface area contributed by atoms with Crippen molar-refractivity contribution < 1.29 is 18.8 Å². The van der Waals surface area contributed by atoms with E-state index in [1.807, 2.05) is 44.2 Å². The monoisotopic (exact) mass is 493 g/mol. The minimum Gasteiger partial charge on any atom is -0.419 e. The first-order valence-electron chi connectivity index (χ1n) is 11.4. The molecule has 1 fully saturated rings. The van der Waals surface area contributed by atoms with Gasteiger partial charge in [-0.15, -0.1) is 10.2 Å². The van der Waals surface area contributed by atoms with Gasteiger partial charge in [-0.2, -0.15) is 0 Å². The molecule has 5 rings (SSSR count). The van der Waals surface area contributed by atoms with E-state index in [0.717, 1.165) is 16.0 Å². The first-order chi connectivity index (χ1) is 16.8. The molecule has 1 aliphatic carbocycles. The maximum atomic E-state index is 13.4. The summed E-state index contributed by atoms with van der Waals surface area (Å²) in [4.78, 5) is 42.0. The Labute approximate surface area is 207 Å². The van der Waals surface area contributed by atoms with Gasteiger partial charge in [0, 0.05) is 6.04 Å². The fourth-order valence-corrected chi connectivity index (χ4v) is 4.94. The van der Waals surface area contributed by atoms with Crippen LogP contribution in [0.25, 0.3) is 11.5 Å². The lowest BCUT2D eigenvalue weighted by Crippen LogP contribution is -2.46. The van der Waals surface area contributed by atoms with Crippen LogP contribution in [-0.2, 0) is 28.1 Å². The quantitative estimate of drug-likeness (QED) is 0.526. The number of fused-ring (bicyclic) bond motifs is 2. The van der Waals surface area contributed by atoms with Crippen LogP contribution >= 0.6 is 11.6 Å². The summed E-state index contributed by atoms with van der Waals surface area (Å²) >= 11 is 6.21. The van der Waals surface area contributed by atoms with Crippen molar-refractivity contribution in [1.82, 2.24) is 25.3 Å². The summed E-state index contributed by atoms with van der Waals surface area (Å²) in [5.41, 5.74) is 1.32. The number of aryl methyl sites for hydroxylation is 1. The average Bonchev–Trinajstić information content (AvgIpc) is 3.52. The molecule has 1 spiro atoms. The number of benzene rings is 2. The molecule has 0 radical (unpaired) electrons. The number of hydrogen-bond acceptors (Lipinski definition) is 6. The van der Waals surface area contributed by atoms with Gasteiger partial charge in [-0.25, -0.2) is 4.79 Å². The van der Waals surface area contributed by atoms with Crippen molar-refractivity contribution in [1.29, 1.82) is 0 Å². The summed E-state index contributed by atoms with van der Waals surface area (Å²) < 4.78 is 5.75. The lowest BCUT2D eigenvalue weighted by Gasteiger charge is -2.27. The zero-order valence-corrected chi connectivity index (χ0v) is 20.1. The molecule has 2 aromatic carbocycles. The number of nitrogens with zero attached hydrogens (tertiary/aromatic N) is 4. The SMILES string of the molecule is CC(C)N(Cc1nnc(-c2ccccc2Cl)o1)C(=O)CN1C(=O)N[C@@]2(CCc3ccccc32)C1=O. The normalized spacial score (nSPS) is 18.9. The van der Waals surface area contributed by atoms with Gasteiger partial charge in [-0.3, -0.25) is 14.5 Å². The molecule has 0 saturated carbocycles. The molecule has 2 heterocycles. The summed E-state index contributed by atoms with van der Waals surface area (Å²) in [5, 5.41) is 11.4. The highest BCUT2D eigenvalue weighted by Gasteiger charge is 2.55. The molecule has 3 aromatic rings. The van der Waals surface area contributed by atoms with Crippen molar-refractivity contribution in [3.8, 4) is 11.5 Å². The van der Waals surface area contributed by atoms with Crippen LogP contribution in [0.1, 0.15) is 37.3 Å². The standard InChI is InChI=1S/C25H24ClN5O4/c1-15(2)30(13-20-28-29-22(35-20)17-8-4-6-10-19(17)26)21(32)14-31-23(33)25(27-24(31)34)12-11-16-7-3-5-9-18(16)25/h3-10,15H,11-14H2,1-2H3,(H,27,34)/t25-/m1/s1. The van der Waals surface area contributed by atoms with E-state index in [1.54, 1.807) is 18.2 Å². The van der Waals surface area contributed by atoms with Crippen LogP contribution in [0.4, 0.5) is 4.79 Å². The van der Waals surface area contributed by atoms with Gasteiger partial charge >= 0.3 is 6.03 Å². The molecule has 2 aliphatic rings. The van der Waals surface area contributed by atoms with Crippen molar-refractivity contribution in [2.45, 2.75) is 44.8 Å². The Balaban J connectivity index is 1.33. The van der Waals surface area contributed by atoms with Crippen LogP contribution in [0.2, 0.25) is 5.02 Å². The van der Waals surface area contributed by atoms with E-state index in [4.69, 9.17) is 16.0 Å².